The Hall–Kier alpha value is -1.63. The normalized spacial score (nSPS) is 20.6. The van der Waals surface area contributed by atoms with Crippen LogP contribution in [-0.2, 0) is 0 Å². The average Bonchev–Trinajstić information content (AvgIpc) is 2.64. The molecule has 4 nitrogen and oxygen atoms in total. The Labute approximate surface area is 109 Å². The lowest BCUT2D eigenvalue weighted by Crippen LogP contribution is -2.26. The molecular weight excluding hydrogens is 224 g/mol. The van der Waals surface area contributed by atoms with Gasteiger partial charge in [0.2, 0.25) is 0 Å². The van der Waals surface area contributed by atoms with Gasteiger partial charge in [0.25, 0.3) is 0 Å². The van der Waals surface area contributed by atoms with Crippen molar-refractivity contribution in [3.8, 4) is 6.07 Å². The van der Waals surface area contributed by atoms with Crippen molar-refractivity contribution in [2.45, 2.75) is 33.1 Å². The van der Waals surface area contributed by atoms with Crippen LogP contribution >= 0.6 is 0 Å². The van der Waals surface area contributed by atoms with Crippen LogP contribution in [0, 0.1) is 23.2 Å². The first-order chi connectivity index (χ1) is 8.72. The Morgan fingerprint density at radius 1 is 1.39 bits per heavy atom. The second-order valence-corrected chi connectivity index (χ2v) is 5.30. The Morgan fingerprint density at radius 3 is 2.94 bits per heavy atom. The van der Waals surface area contributed by atoms with Crippen molar-refractivity contribution in [1.82, 2.24) is 10.2 Å². The van der Waals surface area contributed by atoms with E-state index in [1.165, 1.54) is 19.3 Å². The van der Waals surface area contributed by atoms with Crippen LogP contribution in [0.4, 0.5) is 5.82 Å². The zero-order chi connectivity index (χ0) is 13.0. The topological polar surface area (TPSA) is 52.8 Å². The Morgan fingerprint density at radius 2 is 2.22 bits per heavy atom. The zero-order valence-corrected chi connectivity index (χ0v) is 11.1. The number of rotatable bonds is 2. The minimum absolute atomic E-state index is 0.632. The molecule has 96 valence electrons. The Bertz CT molecular complexity index is 436. The highest BCUT2D eigenvalue weighted by Crippen LogP contribution is 2.27. The van der Waals surface area contributed by atoms with E-state index in [1.54, 1.807) is 12.3 Å². The maximum Gasteiger partial charge on any atom is 0.169 e. The molecule has 1 aliphatic rings. The van der Waals surface area contributed by atoms with Crippen LogP contribution in [0.25, 0.3) is 0 Å². The molecule has 1 aliphatic heterocycles. The van der Waals surface area contributed by atoms with E-state index >= 15 is 0 Å². The van der Waals surface area contributed by atoms with Crippen molar-refractivity contribution in [2.24, 2.45) is 11.8 Å². The van der Waals surface area contributed by atoms with Crippen molar-refractivity contribution in [3.63, 3.8) is 0 Å². The summed E-state index contributed by atoms with van der Waals surface area (Å²) in [4.78, 5) is 2.22. The predicted molar refractivity (Wildman–Crippen MR) is 71.1 cm³/mol. The van der Waals surface area contributed by atoms with Gasteiger partial charge in [-0.3, -0.25) is 0 Å². The van der Waals surface area contributed by atoms with Gasteiger partial charge < -0.3 is 4.90 Å². The van der Waals surface area contributed by atoms with Crippen LogP contribution < -0.4 is 4.90 Å². The van der Waals surface area contributed by atoms with Gasteiger partial charge in [-0.1, -0.05) is 13.8 Å². The third-order valence-electron chi connectivity index (χ3n) is 3.84. The molecule has 0 bridgehead atoms. The second-order valence-electron chi connectivity index (χ2n) is 5.30. The summed E-state index contributed by atoms with van der Waals surface area (Å²) >= 11 is 0. The molecule has 18 heavy (non-hydrogen) atoms. The van der Waals surface area contributed by atoms with Gasteiger partial charge in [0.1, 0.15) is 6.07 Å². The highest BCUT2D eigenvalue weighted by Gasteiger charge is 2.21. The van der Waals surface area contributed by atoms with Crippen molar-refractivity contribution in [1.29, 1.82) is 5.26 Å². The molecule has 1 atom stereocenters. The average molecular weight is 244 g/mol. The summed E-state index contributed by atoms with van der Waals surface area (Å²) in [5.74, 6) is 2.28. The zero-order valence-electron chi connectivity index (χ0n) is 11.1. The van der Waals surface area contributed by atoms with Crippen LogP contribution in [-0.4, -0.2) is 23.3 Å². The first kappa shape index (κ1) is 12.8. The number of nitriles is 1. The minimum atomic E-state index is 0.632. The molecule has 0 radical (unpaired) electrons. The van der Waals surface area contributed by atoms with Crippen molar-refractivity contribution in [2.75, 3.05) is 18.0 Å². The second kappa shape index (κ2) is 5.81. The molecule has 2 rings (SSSR count). The molecular formula is C14H20N4. The summed E-state index contributed by atoms with van der Waals surface area (Å²) in [6.45, 7) is 6.56. The van der Waals surface area contributed by atoms with Gasteiger partial charge in [-0.15, -0.1) is 5.10 Å². The van der Waals surface area contributed by atoms with E-state index in [1.807, 2.05) is 0 Å². The fourth-order valence-electron chi connectivity index (χ4n) is 2.65. The van der Waals surface area contributed by atoms with E-state index in [-0.39, 0.29) is 0 Å². The summed E-state index contributed by atoms with van der Waals surface area (Å²) in [7, 11) is 0. The highest BCUT2D eigenvalue weighted by atomic mass is 15.3. The smallest absolute Gasteiger partial charge is 0.169 e. The van der Waals surface area contributed by atoms with Gasteiger partial charge in [-0.2, -0.15) is 10.4 Å². The molecule has 1 aromatic heterocycles. The molecule has 1 unspecified atom stereocenters. The van der Waals surface area contributed by atoms with E-state index < -0.39 is 0 Å². The third-order valence-corrected chi connectivity index (χ3v) is 3.84. The molecule has 0 aromatic carbocycles. The first-order valence-electron chi connectivity index (χ1n) is 6.69. The number of anilines is 1. The van der Waals surface area contributed by atoms with Crippen LogP contribution in [0.15, 0.2) is 12.3 Å². The summed E-state index contributed by atoms with van der Waals surface area (Å²) in [5.41, 5.74) is 0.632. The van der Waals surface area contributed by atoms with Crippen LogP contribution in [0.2, 0.25) is 0 Å². The highest BCUT2D eigenvalue weighted by molar-refractivity contribution is 5.52. The Kier molecular flexibility index (Phi) is 4.14. The lowest BCUT2D eigenvalue weighted by molar-refractivity contribution is 0.351. The van der Waals surface area contributed by atoms with E-state index in [9.17, 15) is 0 Å². The molecule has 0 saturated carbocycles. The van der Waals surface area contributed by atoms with E-state index in [2.05, 4.69) is 35.0 Å². The molecule has 4 heteroatoms. The SMILES string of the molecule is CC(C)C1CCCN(c2nnccc2C#N)CC1. The van der Waals surface area contributed by atoms with Crippen LogP contribution in [0.3, 0.4) is 0 Å². The third kappa shape index (κ3) is 2.79. The molecule has 1 fully saturated rings. The monoisotopic (exact) mass is 244 g/mol. The molecule has 1 aromatic rings. The van der Waals surface area contributed by atoms with Crippen LogP contribution in [0.1, 0.15) is 38.7 Å². The van der Waals surface area contributed by atoms with Gasteiger partial charge >= 0.3 is 0 Å². The molecule has 0 amide bonds. The van der Waals surface area contributed by atoms with Crippen molar-refractivity contribution in [3.05, 3.63) is 17.8 Å². The molecule has 2 heterocycles. The summed E-state index contributed by atoms with van der Waals surface area (Å²) < 4.78 is 0. The Balaban J connectivity index is 2.13. The summed E-state index contributed by atoms with van der Waals surface area (Å²) in [6, 6.07) is 3.95. The minimum Gasteiger partial charge on any atom is -0.354 e. The predicted octanol–water partition coefficient (Wildman–Crippen LogP) is 2.61. The lowest BCUT2D eigenvalue weighted by atomic mass is 9.89. The number of aromatic nitrogens is 2. The number of hydrogen-bond donors (Lipinski definition) is 0. The van der Waals surface area contributed by atoms with Gasteiger partial charge in [0, 0.05) is 13.1 Å². The fourth-order valence-corrected chi connectivity index (χ4v) is 2.65. The molecule has 0 aliphatic carbocycles. The maximum absolute atomic E-state index is 9.12. The van der Waals surface area contributed by atoms with Crippen LogP contribution in [0.5, 0.6) is 0 Å². The maximum atomic E-state index is 9.12. The summed E-state index contributed by atoms with van der Waals surface area (Å²) in [5, 5.41) is 17.2. The van der Waals surface area contributed by atoms with Gasteiger partial charge in [-0.25, -0.2) is 0 Å². The van der Waals surface area contributed by atoms with Crippen molar-refractivity contribution >= 4 is 5.82 Å². The van der Waals surface area contributed by atoms with Gasteiger partial charge in [0.15, 0.2) is 5.82 Å². The van der Waals surface area contributed by atoms with Gasteiger partial charge in [-0.05, 0) is 37.2 Å². The first-order valence-corrected chi connectivity index (χ1v) is 6.69. The molecule has 0 N–H and O–H groups in total. The standard InChI is InChI=1S/C14H20N4/c1-11(2)12-4-3-8-18(9-6-12)14-13(10-15)5-7-16-17-14/h5,7,11-12H,3-4,6,8-9H2,1-2H3. The number of hydrogen-bond acceptors (Lipinski definition) is 4. The van der Waals surface area contributed by atoms with E-state index in [0.717, 1.165) is 30.7 Å². The quantitative estimate of drug-likeness (QED) is 0.802. The van der Waals surface area contributed by atoms with E-state index in [4.69, 9.17) is 5.26 Å². The molecule has 0 spiro atoms. The number of nitrogens with zero attached hydrogens (tertiary/aromatic N) is 4. The summed E-state index contributed by atoms with van der Waals surface area (Å²) in [6.07, 6.45) is 5.20. The van der Waals surface area contributed by atoms with E-state index in [0.29, 0.717) is 5.56 Å². The van der Waals surface area contributed by atoms with Crippen molar-refractivity contribution < 1.29 is 0 Å². The fraction of sp³-hybridized carbons (Fsp3) is 0.643. The largest absolute Gasteiger partial charge is 0.354 e. The van der Waals surface area contributed by atoms with Gasteiger partial charge in [0.05, 0.1) is 11.8 Å². The molecule has 1 saturated heterocycles. The lowest BCUT2D eigenvalue weighted by Gasteiger charge is -2.22.